The van der Waals surface area contributed by atoms with Crippen molar-refractivity contribution in [1.82, 2.24) is 4.90 Å². The second-order valence-electron chi connectivity index (χ2n) is 6.31. The summed E-state index contributed by atoms with van der Waals surface area (Å²) in [5.41, 5.74) is 0.402. The van der Waals surface area contributed by atoms with Crippen molar-refractivity contribution in [3.8, 4) is 11.5 Å². The summed E-state index contributed by atoms with van der Waals surface area (Å²) in [6, 6.07) is 5.01. The zero-order valence-electron chi connectivity index (χ0n) is 14.6. The molecule has 136 valence electrons. The van der Waals surface area contributed by atoms with E-state index in [4.69, 9.17) is 4.74 Å². The van der Waals surface area contributed by atoms with Crippen molar-refractivity contribution >= 4 is 18.2 Å². The number of carbonyl (C=O) groups is 1. The second-order valence-corrected chi connectivity index (χ2v) is 6.31. The van der Waals surface area contributed by atoms with Gasteiger partial charge in [-0.05, 0) is 50.9 Å². The SMILES string of the molecule is CCCCC(=O)c1ccc(OCCCN2CCCCC2)cc1O.Cl. The van der Waals surface area contributed by atoms with Crippen LogP contribution < -0.4 is 4.74 Å². The number of nitrogens with zero attached hydrogens (tertiary/aromatic N) is 1. The van der Waals surface area contributed by atoms with Crippen LogP contribution >= 0.6 is 12.4 Å². The molecular weight excluding hydrogens is 326 g/mol. The monoisotopic (exact) mass is 355 g/mol. The van der Waals surface area contributed by atoms with Crippen molar-refractivity contribution in [2.45, 2.75) is 51.9 Å². The molecule has 0 aliphatic carbocycles. The maximum atomic E-state index is 12.0. The van der Waals surface area contributed by atoms with Crippen LogP contribution in [0.2, 0.25) is 0 Å². The third-order valence-corrected chi connectivity index (χ3v) is 4.36. The molecule has 0 atom stereocenters. The number of hydrogen-bond donors (Lipinski definition) is 1. The Hall–Kier alpha value is -1.26. The first-order chi connectivity index (χ1) is 11.2. The first-order valence-electron chi connectivity index (χ1n) is 8.92. The third kappa shape index (κ3) is 6.70. The molecule has 4 nitrogen and oxygen atoms in total. The van der Waals surface area contributed by atoms with Gasteiger partial charge in [-0.15, -0.1) is 12.4 Å². The number of ketones is 1. The topological polar surface area (TPSA) is 49.8 Å². The van der Waals surface area contributed by atoms with Gasteiger partial charge in [-0.3, -0.25) is 4.79 Å². The van der Waals surface area contributed by atoms with Crippen LogP contribution in [0.25, 0.3) is 0 Å². The van der Waals surface area contributed by atoms with E-state index >= 15 is 0 Å². The Morgan fingerprint density at radius 1 is 1.21 bits per heavy atom. The minimum Gasteiger partial charge on any atom is -0.507 e. The van der Waals surface area contributed by atoms with Crippen LogP contribution in [0.5, 0.6) is 11.5 Å². The number of unbranched alkanes of at least 4 members (excludes halogenated alkanes) is 1. The van der Waals surface area contributed by atoms with Gasteiger partial charge in [0.05, 0.1) is 12.2 Å². The predicted octanol–water partition coefficient (Wildman–Crippen LogP) is 4.44. The van der Waals surface area contributed by atoms with E-state index in [2.05, 4.69) is 4.90 Å². The maximum absolute atomic E-state index is 12.0. The highest BCUT2D eigenvalue weighted by atomic mass is 35.5. The summed E-state index contributed by atoms with van der Waals surface area (Å²) in [6.45, 7) is 6.16. The van der Waals surface area contributed by atoms with Crippen molar-refractivity contribution in [1.29, 1.82) is 0 Å². The lowest BCUT2D eigenvalue weighted by Gasteiger charge is -2.26. The Kier molecular flexibility index (Phi) is 9.80. The Bertz CT molecular complexity index is 501. The molecule has 24 heavy (non-hydrogen) atoms. The van der Waals surface area contributed by atoms with E-state index in [1.54, 1.807) is 18.2 Å². The van der Waals surface area contributed by atoms with Gasteiger partial charge in [-0.1, -0.05) is 19.8 Å². The zero-order chi connectivity index (χ0) is 16.5. The molecule has 1 N–H and O–H groups in total. The quantitative estimate of drug-likeness (QED) is 0.525. The lowest BCUT2D eigenvalue weighted by molar-refractivity contribution is 0.0977. The van der Waals surface area contributed by atoms with Crippen molar-refractivity contribution < 1.29 is 14.6 Å². The van der Waals surface area contributed by atoms with Gasteiger partial charge >= 0.3 is 0 Å². The van der Waals surface area contributed by atoms with E-state index in [9.17, 15) is 9.90 Å². The molecule has 1 fully saturated rings. The number of phenols is 1. The fourth-order valence-corrected chi connectivity index (χ4v) is 2.97. The molecule has 1 aromatic rings. The molecule has 1 saturated heterocycles. The van der Waals surface area contributed by atoms with Crippen LogP contribution in [0.3, 0.4) is 0 Å². The van der Waals surface area contributed by atoms with E-state index in [0.29, 0.717) is 24.3 Å². The van der Waals surface area contributed by atoms with Gasteiger partial charge in [0, 0.05) is 19.0 Å². The van der Waals surface area contributed by atoms with Crippen molar-refractivity contribution in [2.24, 2.45) is 0 Å². The average molecular weight is 356 g/mol. The Morgan fingerprint density at radius 2 is 1.96 bits per heavy atom. The summed E-state index contributed by atoms with van der Waals surface area (Å²) in [4.78, 5) is 14.5. The lowest BCUT2D eigenvalue weighted by atomic mass is 10.0. The molecule has 1 aliphatic heterocycles. The van der Waals surface area contributed by atoms with E-state index in [0.717, 1.165) is 25.8 Å². The first-order valence-corrected chi connectivity index (χ1v) is 8.92. The van der Waals surface area contributed by atoms with Gasteiger partial charge in [0.25, 0.3) is 0 Å². The second kappa shape index (κ2) is 11.3. The van der Waals surface area contributed by atoms with Crippen molar-refractivity contribution in [3.05, 3.63) is 23.8 Å². The smallest absolute Gasteiger partial charge is 0.166 e. The minimum atomic E-state index is 0. The molecule has 0 aromatic heterocycles. The predicted molar refractivity (Wildman–Crippen MR) is 99.6 cm³/mol. The van der Waals surface area contributed by atoms with Gasteiger partial charge in [0.1, 0.15) is 11.5 Å². The zero-order valence-corrected chi connectivity index (χ0v) is 15.4. The summed E-state index contributed by atoms with van der Waals surface area (Å²) in [5, 5.41) is 10.0. The van der Waals surface area contributed by atoms with Crippen LogP contribution in [0.4, 0.5) is 0 Å². The molecule has 1 heterocycles. The Morgan fingerprint density at radius 3 is 2.62 bits per heavy atom. The van der Waals surface area contributed by atoms with Crippen LogP contribution in [-0.4, -0.2) is 42.0 Å². The van der Waals surface area contributed by atoms with Crippen molar-refractivity contribution in [2.75, 3.05) is 26.2 Å². The molecule has 0 spiro atoms. The van der Waals surface area contributed by atoms with Gasteiger partial charge in [0.2, 0.25) is 0 Å². The largest absolute Gasteiger partial charge is 0.507 e. The van der Waals surface area contributed by atoms with Gasteiger partial charge in [-0.2, -0.15) is 0 Å². The van der Waals surface area contributed by atoms with E-state index < -0.39 is 0 Å². The van der Waals surface area contributed by atoms with Crippen LogP contribution in [0.1, 0.15) is 62.2 Å². The van der Waals surface area contributed by atoms with E-state index in [-0.39, 0.29) is 23.9 Å². The summed E-state index contributed by atoms with van der Waals surface area (Å²) < 4.78 is 5.70. The summed E-state index contributed by atoms with van der Waals surface area (Å²) >= 11 is 0. The Labute approximate surface area is 151 Å². The van der Waals surface area contributed by atoms with Crippen molar-refractivity contribution in [3.63, 3.8) is 0 Å². The average Bonchev–Trinajstić information content (AvgIpc) is 2.57. The standard InChI is InChI=1S/C19H29NO3.ClH/c1-2-3-8-18(21)17-10-9-16(15-19(17)22)23-14-7-13-20-11-5-4-6-12-20;/h9-10,15,22H,2-8,11-14H2,1H3;1H. The highest BCUT2D eigenvalue weighted by molar-refractivity contribution is 5.98. The number of rotatable bonds is 9. The molecular formula is C19H30ClNO3. The molecule has 0 amide bonds. The number of phenolic OH excluding ortho intramolecular Hbond substituents is 1. The summed E-state index contributed by atoms with van der Waals surface area (Å²) in [7, 11) is 0. The molecule has 0 radical (unpaired) electrons. The van der Waals surface area contributed by atoms with E-state index in [1.165, 1.54) is 32.4 Å². The summed E-state index contributed by atoms with van der Waals surface area (Å²) in [6.07, 6.45) is 7.27. The molecule has 0 unspecified atom stereocenters. The molecule has 2 rings (SSSR count). The highest BCUT2D eigenvalue weighted by Crippen LogP contribution is 2.25. The number of likely N-dealkylation sites (tertiary alicyclic amines) is 1. The van der Waals surface area contributed by atoms with E-state index in [1.807, 2.05) is 6.92 Å². The third-order valence-electron chi connectivity index (χ3n) is 4.36. The number of aromatic hydroxyl groups is 1. The van der Waals surface area contributed by atoms with Crippen LogP contribution in [0, 0.1) is 0 Å². The maximum Gasteiger partial charge on any atom is 0.166 e. The normalized spacial score (nSPS) is 14.9. The number of ether oxygens (including phenoxy) is 1. The molecule has 0 bridgehead atoms. The fraction of sp³-hybridized carbons (Fsp3) is 0.632. The number of carbonyl (C=O) groups excluding carboxylic acids is 1. The van der Waals surface area contributed by atoms with Crippen LogP contribution in [-0.2, 0) is 0 Å². The number of hydrogen-bond acceptors (Lipinski definition) is 4. The molecule has 5 heteroatoms. The minimum absolute atomic E-state index is 0. The highest BCUT2D eigenvalue weighted by Gasteiger charge is 2.12. The number of Topliss-reactive ketones (excluding diaryl/α,β-unsaturated/α-hetero) is 1. The first kappa shape index (κ1) is 20.8. The molecule has 1 aliphatic rings. The number of benzene rings is 1. The lowest BCUT2D eigenvalue weighted by Crippen LogP contribution is -2.31. The summed E-state index contributed by atoms with van der Waals surface area (Å²) in [5.74, 6) is 0.661. The van der Waals surface area contributed by atoms with Gasteiger partial charge in [0.15, 0.2) is 5.78 Å². The molecule has 1 aromatic carbocycles. The Balaban J connectivity index is 0.00000288. The number of piperidine rings is 1. The number of halogens is 1. The van der Waals surface area contributed by atoms with Crippen LogP contribution in [0.15, 0.2) is 18.2 Å². The van der Waals surface area contributed by atoms with Gasteiger partial charge < -0.3 is 14.7 Å². The van der Waals surface area contributed by atoms with Gasteiger partial charge in [-0.25, -0.2) is 0 Å². The fourth-order valence-electron chi connectivity index (χ4n) is 2.97. The molecule has 0 saturated carbocycles.